The maximum absolute atomic E-state index is 11.6. The Morgan fingerprint density at radius 1 is 1.61 bits per heavy atom. The Labute approximate surface area is 104 Å². The molecule has 0 fully saturated rings. The van der Waals surface area contributed by atoms with Crippen molar-refractivity contribution in [3.63, 3.8) is 0 Å². The first-order valence-electron chi connectivity index (χ1n) is 5.58. The Balaban J connectivity index is 1.77. The van der Waals surface area contributed by atoms with Gasteiger partial charge in [-0.25, -0.2) is 0 Å². The lowest BCUT2D eigenvalue weighted by atomic mass is 10.1. The molecule has 1 atom stereocenters. The molecule has 1 unspecified atom stereocenters. The molecule has 0 aliphatic carbocycles. The number of aliphatic hydroxyl groups excluding tert-OH is 1. The summed E-state index contributed by atoms with van der Waals surface area (Å²) in [5, 5.41) is 16.0. The topological polar surface area (TPSA) is 88.5 Å². The number of aliphatic hydroxyl groups is 1. The summed E-state index contributed by atoms with van der Waals surface area (Å²) >= 11 is 0. The summed E-state index contributed by atoms with van der Waals surface area (Å²) in [4.78, 5) is 11.6. The Morgan fingerprint density at radius 3 is 3.06 bits per heavy atom. The normalized spacial score (nSPS) is 12.3. The van der Waals surface area contributed by atoms with Gasteiger partial charge in [-0.2, -0.15) is 0 Å². The molecule has 2 N–H and O–H groups in total. The van der Waals surface area contributed by atoms with Gasteiger partial charge >= 0.3 is 0 Å². The van der Waals surface area contributed by atoms with Gasteiger partial charge in [0.2, 0.25) is 0 Å². The van der Waals surface area contributed by atoms with Crippen molar-refractivity contribution in [2.45, 2.75) is 19.4 Å². The third-order valence-corrected chi connectivity index (χ3v) is 2.49. The third kappa shape index (κ3) is 2.98. The van der Waals surface area contributed by atoms with Gasteiger partial charge in [0.05, 0.1) is 18.6 Å². The number of furan rings is 1. The number of nitrogens with one attached hydrogen (secondary N) is 1. The van der Waals surface area contributed by atoms with Gasteiger partial charge in [-0.15, -0.1) is 0 Å². The molecule has 0 saturated carbocycles. The molecule has 6 nitrogen and oxygen atoms in total. The van der Waals surface area contributed by atoms with Crippen molar-refractivity contribution in [3.05, 3.63) is 41.7 Å². The van der Waals surface area contributed by atoms with E-state index in [4.69, 9.17) is 8.94 Å². The van der Waals surface area contributed by atoms with E-state index in [-0.39, 0.29) is 11.6 Å². The minimum Gasteiger partial charge on any atom is -0.472 e. The smallest absolute Gasteiger partial charge is 0.273 e. The second-order valence-corrected chi connectivity index (χ2v) is 3.94. The average Bonchev–Trinajstić information content (AvgIpc) is 2.99. The number of amides is 1. The van der Waals surface area contributed by atoms with Gasteiger partial charge < -0.3 is 19.4 Å². The highest BCUT2D eigenvalue weighted by atomic mass is 16.5. The number of carbonyl (C=O) groups is 1. The highest BCUT2D eigenvalue weighted by Crippen LogP contribution is 2.15. The lowest BCUT2D eigenvalue weighted by Gasteiger charge is -2.08. The van der Waals surface area contributed by atoms with Crippen LogP contribution in [0.2, 0.25) is 0 Å². The van der Waals surface area contributed by atoms with Crippen molar-refractivity contribution in [3.8, 4) is 0 Å². The third-order valence-electron chi connectivity index (χ3n) is 2.49. The number of hydrogen-bond donors (Lipinski definition) is 2. The van der Waals surface area contributed by atoms with Crippen molar-refractivity contribution >= 4 is 5.91 Å². The van der Waals surface area contributed by atoms with Crippen LogP contribution in [0.1, 0.15) is 34.3 Å². The lowest BCUT2D eigenvalue weighted by Crippen LogP contribution is -2.25. The van der Waals surface area contributed by atoms with Gasteiger partial charge in [-0.1, -0.05) is 5.16 Å². The fraction of sp³-hybridized carbons (Fsp3) is 0.333. The predicted molar refractivity (Wildman–Crippen MR) is 61.9 cm³/mol. The average molecular weight is 250 g/mol. The maximum atomic E-state index is 11.6. The van der Waals surface area contributed by atoms with Crippen LogP contribution < -0.4 is 5.32 Å². The van der Waals surface area contributed by atoms with Gasteiger partial charge in [0.15, 0.2) is 5.69 Å². The first kappa shape index (κ1) is 12.4. The Bertz CT molecular complexity index is 504. The SMILES string of the molecule is Cc1cc(C(=O)NCCC(O)c2ccoc2)no1. The molecule has 0 saturated heterocycles. The van der Waals surface area contributed by atoms with E-state index in [1.54, 1.807) is 19.1 Å². The van der Waals surface area contributed by atoms with Crippen molar-refractivity contribution in [1.29, 1.82) is 0 Å². The van der Waals surface area contributed by atoms with E-state index in [1.807, 2.05) is 0 Å². The Kier molecular flexibility index (Phi) is 3.78. The first-order valence-corrected chi connectivity index (χ1v) is 5.58. The van der Waals surface area contributed by atoms with Gasteiger partial charge in [0.25, 0.3) is 5.91 Å². The van der Waals surface area contributed by atoms with E-state index in [9.17, 15) is 9.90 Å². The van der Waals surface area contributed by atoms with E-state index >= 15 is 0 Å². The molecule has 18 heavy (non-hydrogen) atoms. The van der Waals surface area contributed by atoms with E-state index in [2.05, 4.69) is 10.5 Å². The number of hydrogen-bond acceptors (Lipinski definition) is 5. The molecule has 6 heteroatoms. The second kappa shape index (κ2) is 5.50. The fourth-order valence-corrected chi connectivity index (χ4v) is 1.52. The molecule has 0 radical (unpaired) electrons. The molecular formula is C12H14N2O4. The zero-order valence-electron chi connectivity index (χ0n) is 9.92. The van der Waals surface area contributed by atoms with Gasteiger partial charge in [0.1, 0.15) is 5.76 Å². The highest BCUT2D eigenvalue weighted by Gasteiger charge is 2.12. The van der Waals surface area contributed by atoms with Crippen LogP contribution in [0.15, 0.2) is 33.6 Å². The molecule has 1 amide bonds. The number of nitrogens with zero attached hydrogens (tertiary/aromatic N) is 1. The van der Waals surface area contributed by atoms with E-state index in [1.165, 1.54) is 12.5 Å². The molecule has 96 valence electrons. The van der Waals surface area contributed by atoms with Gasteiger partial charge in [-0.3, -0.25) is 4.79 Å². The van der Waals surface area contributed by atoms with Crippen molar-refractivity contribution < 1.29 is 18.8 Å². The maximum Gasteiger partial charge on any atom is 0.273 e. The van der Waals surface area contributed by atoms with Gasteiger partial charge in [0, 0.05) is 18.2 Å². The van der Waals surface area contributed by atoms with E-state index in [0.29, 0.717) is 24.3 Å². The van der Waals surface area contributed by atoms with Crippen molar-refractivity contribution in [1.82, 2.24) is 10.5 Å². The summed E-state index contributed by atoms with van der Waals surface area (Å²) < 4.78 is 9.66. The number of carbonyl (C=O) groups excluding carboxylic acids is 1. The van der Waals surface area contributed by atoms with Crippen molar-refractivity contribution in [2.24, 2.45) is 0 Å². The number of aromatic nitrogens is 1. The van der Waals surface area contributed by atoms with Crippen LogP contribution in [0.25, 0.3) is 0 Å². The molecule has 2 heterocycles. The summed E-state index contributed by atoms with van der Waals surface area (Å²) in [7, 11) is 0. The van der Waals surface area contributed by atoms with Crippen LogP contribution in [-0.4, -0.2) is 22.7 Å². The summed E-state index contributed by atoms with van der Waals surface area (Å²) in [6, 6.07) is 3.25. The molecule has 0 spiro atoms. The molecule has 0 aromatic carbocycles. The minimum absolute atomic E-state index is 0.241. The van der Waals surface area contributed by atoms with Crippen molar-refractivity contribution in [2.75, 3.05) is 6.54 Å². The molecule has 2 aromatic rings. The quantitative estimate of drug-likeness (QED) is 0.838. The summed E-state index contributed by atoms with van der Waals surface area (Å²) in [6.07, 6.45) is 2.73. The van der Waals surface area contributed by atoms with Crippen LogP contribution in [0.5, 0.6) is 0 Å². The van der Waals surface area contributed by atoms with Crippen LogP contribution in [-0.2, 0) is 0 Å². The lowest BCUT2D eigenvalue weighted by molar-refractivity contribution is 0.0933. The molecular weight excluding hydrogens is 236 g/mol. The van der Waals surface area contributed by atoms with Crippen LogP contribution in [0.3, 0.4) is 0 Å². The summed E-state index contributed by atoms with van der Waals surface area (Å²) in [6.45, 7) is 2.06. The first-order chi connectivity index (χ1) is 8.66. The zero-order chi connectivity index (χ0) is 13.0. The summed E-state index contributed by atoms with van der Waals surface area (Å²) in [5.74, 6) is 0.268. The molecule has 0 aliphatic heterocycles. The molecule has 2 aromatic heterocycles. The molecule has 0 aliphatic rings. The largest absolute Gasteiger partial charge is 0.472 e. The standard InChI is InChI=1S/C12H14N2O4/c1-8-6-10(14-18-8)12(16)13-4-2-11(15)9-3-5-17-7-9/h3,5-7,11,15H,2,4H2,1H3,(H,13,16). The van der Waals surface area contributed by atoms with Crippen LogP contribution >= 0.6 is 0 Å². The second-order valence-electron chi connectivity index (χ2n) is 3.94. The molecule has 2 rings (SSSR count). The predicted octanol–water partition coefficient (Wildman–Crippen LogP) is 1.43. The van der Waals surface area contributed by atoms with Gasteiger partial charge in [-0.05, 0) is 19.4 Å². The monoisotopic (exact) mass is 250 g/mol. The highest BCUT2D eigenvalue weighted by molar-refractivity contribution is 5.92. The van der Waals surface area contributed by atoms with E-state index in [0.717, 1.165) is 0 Å². The van der Waals surface area contributed by atoms with Crippen LogP contribution in [0.4, 0.5) is 0 Å². The summed E-state index contributed by atoms with van der Waals surface area (Å²) in [5.41, 5.74) is 0.937. The fourth-order valence-electron chi connectivity index (χ4n) is 1.52. The zero-order valence-corrected chi connectivity index (χ0v) is 9.92. The van der Waals surface area contributed by atoms with Crippen LogP contribution in [0, 0.1) is 6.92 Å². The number of aryl methyl sites for hydroxylation is 1. The Hall–Kier alpha value is -2.08. The minimum atomic E-state index is -0.650. The van der Waals surface area contributed by atoms with E-state index < -0.39 is 6.10 Å². The Morgan fingerprint density at radius 2 is 2.44 bits per heavy atom. The number of rotatable bonds is 5. The molecule has 0 bridgehead atoms.